The normalized spacial score (nSPS) is 39.2. The lowest BCUT2D eigenvalue weighted by atomic mass is 9.99. The van der Waals surface area contributed by atoms with E-state index in [0.29, 0.717) is 5.56 Å². The molecule has 0 saturated carbocycles. The Kier molecular flexibility index (Phi) is 9.44. The van der Waals surface area contributed by atoms with Crippen LogP contribution in [0.1, 0.15) is 10.4 Å². The van der Waals surface area contributed by atoms with Crippen LogP contribution in [-0.2, 0) is 14.2 Å². The molecule has 0 bridgehead atoms. The minimum Gasteiger partial charge on any atom is -0.478 e. The van der Waals surface area contributed by atoms with Crippen LogP contribution in [0.4, 0.5) is 0 Å². The highest BCUT2D eigenvalue weighted by molar-refractivity contribution is 5.87. The molecule has 0 amide bonds. The molecule has 0 aliphatic carbocycles. The Morgan fingerprint density at radius 1 is 0.875 bits per heavy atom. The lowest BCUT2D eigenvalue weighted by molar-refractivity contribution is -0.383. The minimum absolute atomic E-state index is 0.331. The number of aliphatic hydroxyl groups excluding tert-OH is 8. The average Bonchev–Trinajstić information content (AvgIpc) is 3.05. The molecule has 1 aromatic carbocycles. The number of carboxylic acid groups (broad SMARTS) is 1. The largest absolute Gasteiger partial charge is 0.478 e. The van der Waals surface area contributed by atoms with Gasteiger partial charge in [-0.15, -0.1) is 0 Å². The van der Waals surface area contributed by atoms with Crippen molar-refractivity contribution in [3.05, 3.63) is 35.9 Å². The van der Waals surface area contributed by atoms with Crippen molar-refractivity contribution in [2.45, 2.75) is 54.8 Å². The number of hydrogen-bond donors (Lipinski definition) is 9. The molecule has 2 aliphatic rings. The predicted molar refractivity (Wildman–Crippen MR) is 102 cm³/mol. The van der Waals surface area contributed by atoms with Gasteiger partial charge in [-0.05, 0) is 12.1 Å². The van der Waals surface area contributed by atoms with Crippen LogP contribution in [0.3, 0.4) is 0 Å². The van der Waals surface area contributed by atoms with Gasteiger partial charge >= 0.3 is 5.97 Å². The topological polar surface area (TPSA) is 227 Å². The lowest BCUT2D eigenvalue weighted by Crippen LogP contribution is -2.62. The van der Waals surface area contributed by atoms with Gasteiger partial charge in [0.15, 0.2) is 6.29 Å². The molecule has 13 heteroatoms. The Balaban J connectivity index is 0.000000336. The van der Waals surface area contributed by atoms with Gasteiger partial charge in [-0.2, -0.15) is 0 Å². The molecule has 0 radical (unpaired) electrons. The van der Waals surface area contributed by atoms with Crippen LogP contribution in [0.2, 0.25) is 0 Å². The van der Waals surface area contributed by atoms with Gasteiger partial charge in [-0.25, -0.2) is 4.79 Å². The highest BCUT2D eigenvalue weighted by Crippen LogP contribution is 2.35. The van der Waals surface area contributed by atoms with Gasteiger partial charge in [0.1, 0.15) is 49.3 Å². The zero-order valence-electron chi connectivity index (χ0n) is 16.8. The summed E-state index contributed by atoms with van der Waals surface area (Å²) in [5, 5.41) is 85.1. The van der Waals surface area contributed by atoms with E-state index in [-0.39, 0.29) is 0 Å². The maximum atomic E-state index is 10.2. The molecule has 9 N–H and O–H groups in total. The number of carboxylic acids is 1. The van der Waals surface area contributed by atoms with Crippen molar-refractivity contribution in [2.75, 3.05) is 19.8 Å². The molecule has 2 saturated heterocycles. The first-order valence-electron chi connectivity index (χ1n) is 9.64. The van der Waals surface area contributed by atoms with Gasteiger partial charge in [-0.1, -0.05) is 18.2 Å². The summed E-state index contributed by atoms with van der Waals surface area (Å²) in [5.74, 6) is -3.10. The van der Waals surface area contributed by atoms with Gasteiger partial charge in [0.25, 0.3) is 0 Å². The third kappa shape index (κ3) is 5.59. The van der Waals surface area contributed by atoms with Crippen molar-refractivity contribution in [2.24, 2.45) is 0 Å². The number of benzene rings is 1. The third-order valence-corrected chi connectivity index (χ3v) is 5.09. The fourth-order valence-electron chi connectivity index (χ4n) is 3.21. The van der Waals surface area contributed by atoms with E-state index in [1.807, 2.05) is 0 Å². The standard InChI is InChI=1S/C12H22O11.C7H6O2/c13-1-4-6(16)8(18)9(19)11(21-4)23-12(3-15)10(20)7(17)5(2-14)22-12;8-7(9)6-4-2-1-3-5-6/h4-11,13-20H,1-3H2;1-5H,(H,8,9)/t4-,5-,6-,7-,8+,9-,10+,11-,12+;/m1./s1. The first kappa shape index (κ1) is 26.5. The van der Waals surface area contributed by atoms with E-state index < -0.39 is 80.6 Å². The van der Waals surface area contributed by atoms with E-state index in [1.54, 1.807) is 30.3 Å². The summed E-state index contributed by atoms with van der Waals surface area (Å²) in [6, 6.07) is 8.30. The SMILES string of the molecule is O=C(O)c1ccccc1.OC[C@H]1O[C@@](CO)(O[C@H]2O[C@H](CO)[C@@H](O)[C@H](O)[C@H]2O)[C@@H](O)[C@@H]1O. The highest BCUT2D eigenvalue weighted by atomic mass is 16.8. The summed E-state index contributed by atoms with van der Waals surface area (Å²) in [5.41, 5.74) is 0.331. The summed E-state index contributed by atoms with van der Waals surface area (Å²) in [7, 11) is 0. The Hall–Kier alpha value is -1.75. The fourth-order valence-corrected chi connectivity index (χ4v) is 3.21. The number of ether oxygens (including phenoxy) is 3. The number of hydrogen-bond acceptors (Lipinski definition) is 12. The molecule has 32 heavy (non-hydrogen) atoms. The Labute approximate surface area is 182 Å². The van der Waals surface area contributed by atoms with E-state index >= 15 is 0 Å². The smallest absolute Gasteiger partial charge is 0.335 e. The van der Waals surface area contributed by atoms with E-state index in [4.69, 9.17) is 29.5 Å². The number of aliphatic hydroxyl groups is 8. The van der Waals surface area contributed by atoms with Crippen LogP contribution in [0.25, 0.3) is 0 Å². The van der Waals surface area contributed by atoms with Gasteiger partial charge < -0.3 is 60.2 Å². The molecule has 1 aromatic rings. The van der Waals surface area contributed by atoms with Gasteiger partial charge in [0.05, 0.1) is 18.8 Å². The predicted octanol–water partition coefficient (Wildman–Crippen LogP) is -4.01. The maximum Gasteiger partial charge on any atom is 0.335 e. The van der Waals surface area contributed by atoms with Crippen molar-refractivity contribution in [1.29, 1.82) is 0 Å². The summed E-state index contributed by atoms with van der Waals surface area (Å²) in [4.78, 5) is 10.2. The molecule has 0 spiro atoms. The number of carbonyl (C=O) groups is 1. The molecule has 0 aromatic heterocycles. The number of rotatable bonds is 6. The molecule has 9 atom stereocenters. The molecular formula is C19H28O13. The van der Waals surface area contributed by atoms with Crippen LogP contribution in [0.15, 0.2) is 30.3 Å². The second-order valence-electron chi connectivity index (χ2n) is 7.23. The summed E-state index contributed by atoms with van der Waals surface area (Å²) in [6.45, 7) is -2.32. The summed E-state index contributed by atoms with van der Waals surface area (Å²) >= 11 is 0. The maximum absolute atomic E-state index is 10.2. The number of aromatic carboxylic acids is 1. The molecular weight excluding hydrogens is 436 g/mol. The van der Waals surface area contributed by atoms with E-state index in [1.165, 1.54) is 0 Å². The first-order chi connectivity index (χ1) is 15.1. The van der Waals surface area contributed by atoms with E-state index in [2.05, 4.69) is 0 Å². The van der Waals surface area contributed by atoms with Gasteiger partial charge in [0.2, 0.25) is 5.79 Å². The highest BCUT2D eigenvalue weighted by Gasteiger charge is 2.58. The monoisotopic (exact) mass is 464 g/mol. The van der Waals surface area contributed by atoms with Crippen LogP contribution in [0.5, 0.6) is 0 Å². The average molecular weight is 464 g/mol. The molecule has 2 heterocycles. The zero-order valence-corrected chi connectivity index (χ0v) is 16.8. The summed E-state index contributed by atoms with van der Waals surface area (Å²) < 4.78 is 15.4. The van der Waals surface area contributed by atoms with Crippen LogP contribution >= 0.6 is 0 Å². The van der Waals surface area contributed by atoms with Crippen LogP contribution in [-0.4, -0.2) is 127 Å². The fraction of sp³-hybridized carbons (Fsp3) is 0.632. The molecule has 3 rings (SSSR count). The van der Waals surface area contributed by atoms with Gasteiger partial charge in [0, 0.05) is 0 Å². The molecule has 0 unspecified atom stereocenters. The van der Waals surface area contributed by atoms with Crippen molar-refractivity contribution >= 4 is 5.97 Å². The van der Waals surface area contributed by atoms with Crippen LogP contribution in [0, 0.1) is 0 Å². The second kappa shape index (κ2) is 11.4. The van der Waals surface area contributed by atoms with Crippen molar-refractivity contribution in [3.8, 4) is 0 Å². The molecule has 182 valence electrons. The van der Waals surface area contributed by atoms with Gasteiger partial charge in [-0.3, -0.25) is 0 Å². The van der Waals surface area contributed by atoms with Crippen molar-refractivity contribution in [1.82, 2.24) is 0 Å². The second-order valence-corrected chi connectivity index (χ2v) is 7.23. The first-order valence-corrected chi connectivity index (χ1v) is 9.64. The third-order valence-electron chi connectivity index (χ3n) is 5.09. The van der Waals surface area contributed by atoms with E-state index in [0.717, 1.165) is 0 Å². The molecule has 2 fully saturated rings. The van der Waals surface area contributed by atoms with E-state index in [9.17, 15) is 35.4 Å². The summed E-state index contributed by atoms with van der Waals surface area (Å²) in [6.07, 6.45) is -12.7. The zero-order chi connectivity index (χ0) is 24.1. The molecule has 13 nitrogen and oxygen atoms in total. The van der Waals surface area contributed by atoms with Crippen molar-refractivity contribution in [3.63, 3.8) is 0 Å². The quantitative estimate of drug-likeness (QED) is 0.196. The Bertz CT molecular complexity index is 716. The minimum atomic E-state index is -2.22. The van der Waals surface area contributed by atoms with Crippen LogP contribution < -0.4 is 0 Å². The Morgan fingerprint density at radius 3 is 1.91 bits per heavy atom. The lowest BCUT2D eigenvalue weighted by Gasteiger charge is -2.43. The Morgan fingerprint density at radius 2 is 1.47 bits per heavy atom. The van der Waals surface area contributed by atoms with Crippen molar-refractivity contribution < 1.29 is 65.0 Å². The molecule has 2 aliphatic heterocycles.